The fraction of sp³-hybridized carbons (Fsp3) is 0.318. The van der Waals surface area contributed by atoms with Crippen molar-refractivity contribution < 1.29 is 4.79 Å². The molecule has 3 N–H and O–H groups in total. The van der Waals surface area contributed by atoms with Gasteiger partial charge in [-0.05, 0) is 61.7 Å². The van der Waals surface area contributed by atoms with Gasteiger partial charge >= 0.3 is 0 Å². The third kappa shape index (κ3) is 4.31. The van der Waals surface area contributed by atoms with Crippen molar-refractivity contribution in [2.45, 2.75) is 19.3 Å². The van der Waals surface area contributed by atoms with Crippen molar-refractivity contribution >= 4 is 28.2 Å². The summed E-state index contributed by atoms with van der Waals surface area (Å²) < 4.78 is 0. The van der Waals surface area contributed by atoms with Gasteiger partial charge in [-0.3, -0.25) is 4.79 Å². The SMILES string of the molecule is O=C(CNCCc1c[nH]c2ccccc12)Nc1ccc(N2CCCC2)cc1. The molecule has 0 saturated carbocycles. The van der Waals surface area contributed by atoms with Crippen molar-refractivity contribution in [2.24, 2.45) is 0 Å². The summed E-state index contributed by atoms with van der Waals surface area (Å²) in [6.07, 6.45) is 5.47. The number of carbonyl (C=O) groups is 1. The fourth-order valence-electron chi connectivity index (χ4n) is 3.70. The Morgan fingerprint density at radius 3 is 2.63 bits per heavy atom. The standard InChI is InChI=1S/C22H26N4O/c27-22(25-18-7-9-19(10-8-18)26-13-3-4-14-26)16-23-12-11-17-15-24-21-6-2-1-5-20(17)21/h1-2,5-10,15,23-24H,3-4,11-14,16H2,(H,25,27). The Morgan fingerprint density at radius 1 is 1.04 bits per heavy atom. The lowest BCUT2D eigenvalue weighted by molar-refractivity contribution is -0.115. The molecule has 140 valence electrons. The second kappa shape index (κ2) is 8.27. The minimum atomic E-state index is -0.0113. The highest BCUT2D eigenvalue weighted by Gasteiger charge is 2.12. The van der Waals surface area contributed by atoms with E-state index < -0.39 is 0 Å². The molecule has 1 fully saturated rings. The van der Waals surface area contributed by atoms with E-state index in [2.05, 4.69) is 50.8 Å². The largest absolute Gasteiger partial charge is 0.372 e. The van der Waals surface area contributed by atoms with Gasteiger partial charge < -0.3 is 20.5 Å². The zero-order valence-corrected chi connectivity index (χ0v) is 15.5. The molecule has 0 unspecified atom stereocenters. The first-order valence-corrected chi connectivity index (χ1v) is 9.70. The molecule has 0 spiro atoms. The quantitative estimate of drug-likeness (QED) is 0.564. The Hall–Kier alpha value is -2.79. The van der Waals surface area contributed by atoms with E-state index in [4.69, 9.17) is 0 Å². The molecule has 1 aliphatic rings. The molecule has 27 heavy (non-hydrogen) atoms. The first-order chi connectivity index (χ1) is 13.3. The lowest BCUT2D eigenvalue weighted by atomic mass is 10.1. The lowest BCUT2D eigenvalue weighted by Gasteiger charge is -2.17. The van der Waals surface area contributed by atoms with Crippen molar-refractivity contribution in [1.29, 1.82) is 0 Å². The summed E-state index contributed by atoms with van der Waals surface area (Å²) in [6, 6.07) is 16.4. The van der Waals surface area contributed by atoms with E-state index in [0.717, 1.165) is 37.3 Å². The molecule has 0 aliphatic carbocycles. The maximum absolute atomic E-state index is 12.1. The van der Waals surface area contributed by atoms with Gasteiger partial charge in [0, 0.05) is 41.6 Å². The van der Waals surface area contributed by atoms with Crippen LogP contribution < -0.4 is 15.5 Å². The summed E-state index contributed by atoms with van der Waals surface area (Å²) in [5.74, 6) is -0.0113. The minimum Gasteiger partial charge on any atom is -0.372 e. The van der Waals surface area contributed by atoms with E-state index in [1.807, 2.05) is 24.4 Å². The maximum atomic E-state index is 12.1. The highest BCUT2D eigenvalue weighted by atomic mass is 16.1. The lowest BCUT2D eigenvalue weighted by Crippen LogP contribution is -2.29. The van der Waals surface area contributed by atoms with Crippen LogP contribution in [0.2, 0.25) is 0 Å². The molecular formula is C22H26N4O. The summed E-state index contributed by atoms with van der Waals surface area (Å²) in [4.78, 5) is 17.8. The Labute approximate surface area is 159 Å². The number of para-hydroxylation sites is 1. The number of rotatable bonds is 7. The molecule has 3 aromatic rings. The van der Waals surface area contributed by atoms with Gasteiger partial charge in [-0.2, -0.15) is 0 Å². The van der Waals surface area contributed by atoms with Crippen LogP contribution in [0.25, 0.3) is 10.9 Å². The third-order valence-corrected chi connectivity index (χ3v) is 5.15. The predicted molar refractivity (Wildman–Crippen MR) is 111 cm³/mol. The van der Waals surface area contributed by atoms with Gasteiger partial charge in [0.25, 0.3) is 0 Å². The van der Waals surface area contributed by atoms with Crippen molar-refractivity contribution in [1.82, 2.24) is 10.3 Å². The summed E-state index contributed by atoms with van der Waals surface area (Å²) >= 11 is 0. The number of aromatic amines is 1. The third-order valence-electron chi connectivity index (χ3n) is 5.15. The molecule has 1 saturated heterocycles. The molecule has 2 aromatic carbocycles. The number of amides is 1. The smallest absolute Gasteiger partial charge is 0.238 e. The average Bonchev–Trinajstić information content (AvgIpc) is 3.36. The Morgan fingerprint density at radius 2 is 1.81 bits per heavy atom. The normalized spacial score (nSPS) is 14.0. The highest BCUT2D eigenvalue weighted by molar-refractivity contribution is 5.92. The van der Waals surface area contributed by atoms with Crippen LogP contribution >= 0.6 is 0 Å². The number of anilines is 2. The molecule has 0 atom stereocenters. The van der Waals surface area contributed by atoms with Crippen molar-refractivity contribution in [3.63, 3.8) is 0 Å². The number of H-pyrrole nitrogens is 1. The number of carbonyl (C=O) groups excluding carboxylic acids is 1. The molecule has 2 heterocycles. The Balaban J connectivity index is 1.21. The molecule has 5 heteroatoms. The number of benzene rings is 2. The highest BCUT2D eigenvalue weighted by Crippen LogP contribution is 2.22. The molecule has 4 rings (SSSR count). The summed E-state index contributed by atoms with van der Waals surface area (Å²) in [7, 11) is 0. The first kappa shape index (κ1) is 17.6. The van der Waals surface area contributed by atoms with Crippen LogP contribution in [0.15, 0.2) is 54.7 Å². The van der Waals surface area contributed by atoms with Gasteiger partial charge in [0.2, 0.25) is 5.91 Å². The van der Waals surface area contributed by atoms with Crippen LogP contribution in [0.4, 0.5) is 11.4 Å². The van der Waals surface area contributed by atoms with Gasteiger partial charge in [0.1, 0.15) is 0 Å². The van der Waals surface area contributed by atoms with Crippen LogP contribution in [0.1, 0.15) is 18.4 Å². The van der Waals surface area contributed by atoms with Gasteiger partial charge in [0.05, 0.1) is 6.54 Å². The summed E-state index contributed by atoms with van der Waals surface area (Å²) in [5.41, 5.74) is 4.52. The van der Waals surface area contributed by atoms with Crippen LogP contribution in [0.3, 0.4) is 0 Å². The van der Waals surface area contributed by atoms with Crippen LogP contribution in [0.5, 0.6) is 0 Å². The number of hydrogen-bond donors (Lipinski definition) is 3. The van der Waals surface area contributed by atoms with Crippen molar-refractivity contribution in [3.05, 3.63) is 60.3 Å². The molecule has 0 radical (unpaired) electrons. The van der Waals surface area contributed by atoms with E-state index >= 15 is 0 Å². The van der Waals surface area contributed by atoms with Gasteiger partial charge in [-0.1, -0.05) is 18.2 Å². The van der Waals surface area contributed by atoms with Crippen LogP contribution in [0, 0.1) is 0 Å². The van der Waals surface area contributed by atoms with Crippen LogP contribution in [-0.2, 0) is 11.2 Å². The molecule has 1 amide bonds. The van der Waals surface area contributed by atoms with E-state index in [0.29, 0.717) is 6.54 Å². The molecule has 5 nitrogen and oxygen atoms in total. The Kier molecular flexibility index (Phi) is 5.39. The number of fused-ring (bicyclic) bond motifs is 1. The summed E-state index contributed by atoms with van der Waals surface area (Å²) in [5, 5.41) is 7.44. The van der Waals surface area contributed by atoms with E-state index in [1.165, 1.54) is 29.5 Å². The van der Waals surface area contributed by atoms with Crippen molar-refractivity contribution in [2.75, 3.05) is 36.4 Å². The van der Waals surface area contributed by atoms with E-state index in [9.17, 15) is 4.79 Å². The second-order valence-corrected chi connectivity index (χ2v) is 7.08. The van der Waals surface area contributed by atoms with Gasteiger partial charge in [-0.25, -0.2) is 0 Å². The van der Waals surface area contributed by atoms with Crippen molar-refractivity contribution in [3.8, 4) is 0 Å². The molecule has 0 bridgehead atoms. The average molecular weight is 362 g/mol. The first-order valence-electron chi connectivity index (χ1n) is 9.70. The fourth-order valence-corrected chi connectivity index (χ4v) is 3.70. The predicted octanol–water partition coefficient (Wildman–Crippen LogP) is 3.54. The van der Waals surface area contributed by atoms with E-state index in [-0.39, 0.29) is 5.91 Å². The minimum absolute atomic E-state index is 0.0113. The monoisotopic (exact) mass is 362 g/mol. The molecule has 1 aromatic heterocycles. The molecular weight excluding hydrogens is 336 g/mol. The number of hydrogen-bond acceptors (Lipinski definition) is 3. The number of nitrogens with zero attached hydrogens (tertiary/aromatic N) is 1. The summed E-state index contributed by atoms with van der Waals surface area (Å²) in [6.45, 7) is 3.34. The number of nitrogens with one attached hydrogen (secondary N) is 3. The van der Waals surface area contributed by atoms with E-state index in [1.54, 1.807) is 0 Å². The number of aromatic nitrogens is 1. The van der Waals surface area contributed by atoms with Crippen LogP contribution in [-0.4, -0.2) is 37.1 Å². The van der Waals surface area contributed by atoms with Gasteiger partial charge in [0.15, 0.2) is 0 Å². The zero-order valence-electron chi connectivity index (χ0n) is 15.5. The topological polar surface area (TPSA) is 60.2 Å². The second-order valence-electron chi connectivity index (χ2n) is 7.08. The Bertz CT molecular complexity index is 894. The molecule has 1 aliphatic heterocycles. The van der Waals surface area contributed by atoms with Gasteiger partial charge in [-0.15, -0.1) is 0 Å². The maximum Gasteiger partial charge on any atom is 0.238 e. The zero-order chi connectivity index (χ0) is 18.5.